The summed E-state index contributed by atoms with van der Waals surface area (Å²) in [5.74, 6) is 0.749. The van der Waals surface area contributed by atoms with Gasteiger partial charge in [-0.3, -0.25) is 0 Å². The third-order valence-corrected chi connectivity index (χ3v) is 3.67. The van der Waals surface area contributed by atoms with Crippen molar-refractivity contribution in [1.82, 2.24) is 0 Å². The van der Waals surface area contributed by atoms with E-state index in [1.807, 2.05) is 12.1 Å². The second-order valence-electron chi connectivity index (χ2n) is 7.11. The van der Waals surface area contributed by atoms with Gasteiger partial charge in [-0.2, -0.15) is 0 Å². The van der Waals surface area contributed by atoms with Crippen molar-refractivity contribution in [2.75, 3.05) is 46.2 Å². The highest BCUT2D eigenvalue weighted by Gasteiger charge is 2.05. The molecule has 0 spiro atoms. The summed E-state index contributed by atoms with van der Waals surface area (Å²) in [5.41, 5.74) is 2.16. The Kier molecular flexibility index (Phi) is 13.1. The average molecular weight is 401 g/mol. The third kappa shape index (κ3) is 13.0. The van der Waals surface area contributed by atoms with Crippen molar-refractivity contribution in [1.29, 1.82) is 0 Å². The van der Waals surface area contributed by atoms with E-state index in [-0.39, 0.29) is 6.61 Å². The van der Waals surface area contributed by atoms with Crippen LogP contribution in [0.3, 0.4) is 0 Å². The van der Waals surface area contributed by atoms with Crippen LogP contribution in [-0.2, 0) is 27.1 Å². The highest BCUT2D eigenvalue weighted by atomic mass is 16.5. The number of aliphatic hydroxyl groups excluding tert-OH is 3. The van der Waals surface area contributed by atoms with Gasteiger partial charge in [0.25, 0.3) is 0 Å². The van der Waals surface area contributed by atoms with Gasteiger partial charge in [-0.15, -0.1) is 0 Å². The summed E-state index contributed by atoms with van der Waals surface area (Å²) in [6.07, 6.45) is -0.0115. The zero-order valence-electron chi connectivity index (χ0n) is 17.3. The fourth-order valence-corrected chi connectivity index (χ4v) is 2.46. The third-order valence-electron chi connectivity index (χ3n) is 3.67. The van der Waals surface area contributed by atoms with Gasteiger partial charge in [0.05, 0.1) is 58.0 Å². The summed E-state index contributed by atoms with van der Waals surface area (Å²) >= 11 is 0. The molecular formula is C21H36O7. The molecule has 0 bridgehead atoms. The standard InChI is InChI=1S/C21H36O7/c1-16(22)13-25-6-4-19-10-20(5-7-26-14-17(2)23)12-21(11-19)28-9-8-27-15-18(3)24/h10-12,16-18,22-24H,4-9,13-15H2,1-3H3. The normalized spacial score (nSPS) is 14.6. The minimum absolute atomic E-state index is 0.288. The van der Waals surface area contributed by atoms with E-state index in [9.17, 15) is 15.3 Å². The van der Waals surface area contributed by atoms with Crippen LogP contribution in [0.4, 0.5) is 0 Å². The number of hydrogen-bond donors (Lipinski definition) is 3. The lowest BCUT2D eigenvalue weighted by Gasteiger charge is -2.13. The van der Waals surface area contributed by atoms with E-state index in [0.29, 0.717) is 52.5 Å². The summed E-state index contributed by atoms with van der Waals surface area (Å²) in [6.45, 7) is 7.82. The zero-order valence-corrected chi connectivity index (χ0v) is 17.3. The van der Waals surface area contributed by atoms with Gasteiger partial charge in [-0.1, -0.05) is 6.07 Å². The maximum atomic E-state index is 9.27. The zero-order chi connectivity index (χ0) is 20.8. The molecule has 0 saturated heterocycles. The summed E-state index contributed by atoms with van der Waals surface area (Å²) in [4.78, 5) is 0. The Morgan fingerprint density at radius 1 is 0.643 bits per heavy atom. The predicted octanol–water partition coefficient (Wildman–Crippen LogP) is 1.34. The van der Waals surface area contributed by atoms with Gasteiger partial charge in [0, 0.05) is 0 Å². The van der Waals surface area contributed by atoms with Crippen molar-refractivity contribution in [2.45, 2.75) is 51.9 Å². The molecule has 1 aromatic rings. The molecule has 1 aromatic carbocycles. The minimum Gasteiger partial charge on any atom is -0.491 e. The number of hydrogen-bond acceptors (Lipinski definition) is 7. The molecule has 0 fully saturated rings. The Morgan fingerprint density at radius 2 is 1.07 bits per heavy atom. The molecule has 7 heteroatoms. The first-order valence-corrected chi connectivity index (χ1v) is 9.90. The van der Waals surface area contributed by atoms with Gasteiger partial charge in [0.2, 0.25) is 0 Å². The molecule has 0 amide bonds. The Hall–Kier alpha value is -1.22. The van der Waals surface area contributed by atoms with Crippen LogP contribution in [-0.4, -0.2) is 79.9 Å². The van der Waals surface area contributed by atoms with Crippen LogP contribution >= 0.6 is 0 Å². The second-order valence-corrected chi connectivity index (χ2v) is 7.11. The molecule has 3 N–H and O–H groups in total. The Labute approximate surface area is 168 Å². The quantitative estimate of drug-likeness (QED) is 0.360. The first kappa shape index (κ1) is 24.8. The summed E-state index contributed by atoms with van der Waals surface area (Å²) in [5, 5.41) is 27.7. The van der Waals surface area contributed by atoms with Gasteiger partial charge in [0.15, 0.2) is 0 Å². The largest absolute Gasteiger partial charge is 0.491 e. The van der Waals surface area contributed by atoms with Gasteiger partial charge in [-0.25, -0.2) is 0 Å². The van der Waals surface area contributed by atoms with Crippen molar-refractivity contribution >= 4 is 0 Å². The smallest absolute Gasteiger partial charge is 0.119 e. The molecule has 3 unspecified atom stereocenters. The van der Waals surface area contributed by atoms with E-state index in [1.165, 1.54) is 0 Å². The lowest BCUT2D eigenvalue weighted by atomic mass is 10.1. The summed E-state index contributed by atoms with van der Waals surface area (Å²) < 4.78 is 22.0. The number of benzene rings is 1. The van der Waals surface area contributed by atoms with Gasteiger partial charge in [-0.05, 0) is 56.9 Å². The molecular weight excluding hydrogens is 364 g/mol. The number of rotatable bonds is 16. The van der Waals surface area contributed by atoms with E-state index in [2.05, 4.69) is 6.07 Å². The van der Waals surface area contributed by atoms with Crippen molar-refractivity contribution in [2.24, 2.45) is 0 Å². The van der Waals surface area contributed by atoms with E-state index < -0.39 is 18.3 Å². The fourth-order valence-electron chi connectivity index (χ4n) is 2.46. The van der Waals surface area contributed by atoms with E-state index in [4.69, 9.17) is 18.9 Å². The summed E-state index contributed by atoms with van der Waals surface area (Å²) in [6, 6.07) is 6.04. The van der Waals surface area contributed by atoms with Crippen LogP contribution < -0.4 is 4.74 Å². The molecule has 0 aliphatic rings. The molecule has 7 nitrogen and oxygen atoms in total. The first-order chi connectivity index (χ1) is 13.4. The molecule has 162 valence electrons. The number of aliphatic hydroxyl groups is 3. The maximum absolute atomic E-state index is 9.27. The molecule has 0 heterocycles. The fraction of sp³-hybridized carbons (Fsp3) is 0.714. The van der Waals surface area contributed by atoms with Crippen molar-refractivity contribution in [3.63, 3.8) is 0 Å². The van der Waals surface area contributed by atoms with Gasteiger partial charge >= 0.3 is 0 Å². The SMILES string of the molecule is CC(O)COCCOc1cc(CCOCC(C)O)cc(CCOCC(C)O)c1. The first-order valence-electron chi connectivity index (χ1n) is 9.90. The second kappa shape index (κ2) is 14.7. The van der Waals surface area contributed by atoms with Crippen LogP contribution in [0.2, 0.25) is 0 Å². The molecule has 0 radical (unpaired) electrons. The Bertz CT molecular complexity index is 483. The predicted molar refractivity (Wildman–Crippen MR) is 107 cm³/mol. The topological polar surface area (TPSA) is 97.6 Å². The van der Waals surface area contributed by atoms with Crippen LogP contribution in [0.25, 0.3) is 0 Å². The molecule has 28 heavy (non-hydrogen) atoms. The molecule has 0 saturated carbocycles. The van der Waals surface area contributed by atoms with E-state index >= 15 is 0 Å². The van der Waals surface area contributed by atoms with Crippen LogP contribution in [0.1, 0.15) is 31.9 Å². The highest BCUT2D eigenvalue weighted by Crippen LogP contribution is 2.19. The van der Waals surface area contributed by atoms with Crippen LogP contribution in [0.5, 0.6) is 5.75 Å². The number of ether oxygens (including phenoxy) is 4. The van der Waals surface area contributed by atoms with E-state index in [1.54, 1.807) is 20.8 Å². The lowest BCUT2D eigenvalue weighted by molar-refractivity contribution is 0.0328. The summed E-state index contributed by atoms with van der Waals surface area (Å²) in [7, 11) is 0. The van der Waals surface area contributed by atoms with Crippen molar-refractivity contribution in [3.8, 4) is 5.75 Å². The average Bonchev–Trinajstić information content (AvgIpc) is 2.61. The van der Waals surface area contributed by atoms with Crippen LogP contribution in [0.15, 0.2) is 18.2 Å². The Balaban J connectivity index is 2.57. The van der Waals surface area contributed by atoms with Crippen molar-refractivity contribution in [3.05, 3.63) is 29.3 Å². The van der Waals surface area contributed by atoms with Crippen molar-refractivity contribution < 1.29 is 34.3 Å². The highest BCUT2D eigenvalue weighted by molar-refractivity contribution is 5.35. The monoisotopic (exact) mass is 400 g/mol. The molecule has 0 aliphatic heterocycles. The van der Waals surface area contributed by atoms with Crippen LogP contribution in [0, 0.1) is 0 Å². The van der Waals surface area contributed by atoms with E-state index in [0.717, 1.165) is 16.9 Å². The molecule has 3 atom stereocenters. The maximum Gasteiger partial charge on any atom is 0.119 e. The molecule has 1 rings (SSSR count). The minimum atomic E-state index is -0.488. The lowest BCUT2D eigenvalue weighted by Crippen LogP contribution is -2.15. The Morgan fingerprint density at radius 3 is 1.50 bits per heavy atom. The molecule has 0 aliphatic carbocycles. The van der Waals surface area contributed by atoms with Gasteiger partial charge in [0.1, 0.15) is 12.4 Å². The molecule has 0 aromatic heterocycles. The van der Waals surface area contributed by atoms with Gasteiger partial charge < -0.3 is 34.3 Å².